The van der Waals surface area contributed by atoms with Crippen LogP contribution in [0.2, 0.25) is 0 Å². The van der Waals surface area contributed by atoms with E-state index < -0.39 is 0 Å². The first kappa shape index (κ1) is 11.2. The molecule has 0 saturated carbocycles. The van der Waals surface area contributed by atoms with E-state index in [-0.39, 0.29) is 6.61 Å². The van der Waals surface area contributed by atoms with Gasteiger partial charge in [-0.25, -0.2) is 0 Å². The van der Waals surface area contributed by atoms with Crippen molar-refractivity contribution in [1.82, 2.24) is 0 Å². The van der Waals surface area contributed by atoms with Gasteiger partial charge in [-0.3, -0.25) is 0 Å². The maximum Gasteiger partial charge on any atom is 0.0402 e. The molecule has 1 aromatic carbocycles. The van der Waals surface area contributed by atoms with E-state index in [1.807, 2.05) is 0 Å². The molecule has 0 bridgehead atoms. The number of hydrogen-bond donors (Lipinski definition) is 1. The van der Waals surface area contributed by atoms with Gasteiger partial charge in [-0.1, -0.05) is 34.9 Å². The minimum Gasteiger partial charge on any atom is -0.397 e. The third-order valence-electron chi connectivity index (χ3n) is 1.37. The van der Waals surface area contributed by atoms with Crippen LogP contribution < -0.4 is 0 Å². The third kappa shape index (κ3) is 4.91. The number of aliphatic hydroxyl groups excluding tert-OH is 1. The molecule has 1 aromatic rings. The molecule has 0 aromatic heterocycles. The second kappa shape index (κ2) is 5.78. The second-order valence-corrected chi connectivity index (χ2v) is 2.98. The number of benzene rings is 1. The van der Waals surface area contributed by atoms with Gasteiger partial charge in [0, 0.05) is 6.61 Å². The lowest BCUT2D eigenvalue weighted by molar-refractivity contribution is 0.318. The number of aryl methyl sites for hydroxylation is 3. The largest absolute Gasteiger partial charge is 0.397 e. The second-order valence-electron chi connectivity index (χ2n) is 2.98. The zero-order valence-corrected chi connectivity index (χ0v) is 8.39. The predicted octanol–water partition coefficient (Wildman–Crippen LogP) is 2.61. The maximum atomic E-state index is 7.57. The van der Waals surface area contributed by atoms with Crippen LogP contribution in [0.3, 0.4) is 0 Å². The zero-order valence-electron chi connectivity index (χ0n) is 8.39. The van der Waals surface area contributed by atoms with Gasteiger partial charge in [0.25, 0.3) is 0 Å². The van der Waals surface area contributed by atoms with E-state index in [2.05, 4.69) is 39.0 Å². The molecule has 0 amide bonds. The third-order valence-corrected chi connectivity index (χ3v) is 1.37. The fourth-order valence-electron chi connectivity index (χ4n) is 1.20. The van der Waals surface area contributed by atoms with E-state index >= 15 is 0 Å². The first-order chi connectivity index (χ1) is 5.60. The van der Waals surface area contributed by atoms with E-state index in [1.54, 1.807) is 6.92 Å². The molecule has 0 spiro atoms. The standard InChI is InChI=1S/C9H12.C2H6O/c1-7-4-8(2)6-9(3)5-7;1-2-3/h4-6H,1-3H3;3H,2H2,1H3. The van der Waals surface area contributed by atoms with Gasteiger partial charge >= 0.3 is 0 Å². The van der Waals surface area contributed by atoms with Crippen LogP contribution in [0, 0.1) is 20.8 Å². The average Bonchev–Trinajstić information content (AvgIpc) is 1.84. The van der Waals surface area contributed by atoms with Crippen LogP contribution in [-0.4, -0.2) is 11.7 Å². The van der Waals surface area contributed by atoms with Crippen molar-refractivity contribution >= 4 is 0 Å². The van der Waals surface area contributed by atoms with Crippen LogP contribution in [0.5, 0.6) is 0 Å². The highest BCUT2D eigenvalue weighted by Gasteiger charge is 1.87. The highest BCUT2D eigenvalue weighted by Crippen LogP contribution is 2.06. The zero-order chi connectivity index (χ0) is 9.56. The normalized spacial score (nSPS) is 8.75. The number of aliphatic hydroxyl groups is 1. The summed E-state index contributed by atoms with van der Waals surface area (Å²) >= 11 is 0. The van der Waals surface area contributed by atoms with Crippen molar-refractivity contribution in [3.05, 3.63) is 34.9 Å². The van der Waals surface area contributed by atoms with Crippen molar-refractivity contribution in [3.8, 4) is 0 Å². The molecule has 0 radical (unpaired) electrons. The Balaban J connectivity index is 0.000000354. The summed E-state index contributed by atoms with van der Waals surface area (Å²) < 4.78 is 0. The van der Waals surface area contributed by atoms with Crippen molar-refractivity contribution in [2.75, 3.05) is 6.61 Å². The Labute approximate surface area is 75.1 Å². The van der Waals surface area contributed by atoms with E-state index in [1.165, 1.54) is 16.7 Å². The van der Waals surface area contributed by atoms with Gasteiger partial charge < -0.3 is 5.11 Å². The van der Waals surface area contributed by atoms with Crippen molar-refractivity contribution in [1.29, 1.82) is 0 Å². The Hall–Kier alpha value is -0.820. The smallest absolute Gasteiger partial charge is 0.0402 e. The van der Waals surface area contributed by atoms with Crippen molar-refractivity contribution in [2.45, 2.75) is 27.7 Å². The molecule has 0 aliphatic heterocycles. The summed E-state index contributed by atoms with van der Waals surface area (Å²) in [6, 6.07) is 6.56. The van der Waals surface area contributed by atoms with Gasteiger partial charge in [0.2, 0.25) is 0 Å². The molecule has 0 unspecified atom stereocenters. The SMILES string of the molecule is CCO.Cc1cc(C)cc(C)c1. The molecule has 1 heteroatoms. The monoisotopic (exact) mass is 166 g/mol. The molecule has 0 aliphatic rings. The van der Waals surface area contributed by atoms with Crippen molar-refractivity contribution in [3.63, 3.8) is 0 Å². The van der Waals surface area contributed by atoms with Crippen LogP contribution >= 0.6 is 0 Å². The van der Waals surface area contributed by atoms with E-state index in [0.717, 1.165) is 0 Å². The molecule has 0 aliphatic carbocycles. The van der Waals surface area contributed by atoms with Crippen molar-refractivity contribution in [2.24, 2.45) is 0 Å². The van der Waals surface area contributed by atoms with Gasteiger partial charge in [-0.15, -0.1) is 0 Å². The predicted molar refractivity (Wildman–Crippen MR) is 53.4 cm³/mol. The summed E-state index contributed by atoms with van der Waals surface area (Å²) in [5.41, 5.74) is 4.06. The minimum absolute atomic E-state index is 0.250. The van der Waals surface area contributed by atoms with Gasteiger partial charge in [-0.05, 0) is 27.7 Å². The molecule has 0 atom stereocenters. The molecule has 0 heterocycles. The Bertz CT molecular complexity index is 178. The highest BCUT2D eigenvalue weighted by molar-refractivity contribution is 5.27. The van der Waals surface area contributed by atoms with Gasteiger partial charge in [0.15, 0.2) is 0 Å². The van der Waals surface area contributed by atoms with Crippen LogP contribution in [0.4, 0.5) is 0 Å². The maximum absolute atomic E-state index is 7.57. The first-order valence-electron chi connectivity index (χ1n) is 4.26. The molecule has 1 N–H and O–H groups in total. The molecular weight excluding hydrogens is 148 g/mol. The molecule has 0 saturated heterocycles. The van der Waals surface area contributed by atoms with Crippen molar-refractivity contribution < 1.29 is 5.11 Å². The van der Waals surface area contributed by atoms with Gasteiger partial charge in [0.1, 0.15) is 0 Å². The Kier molecular flexibility index (Phi) is 5.39. The fraction of sp³-hybridized carbons (Fsp3) is 0.455. The fourth-order valence-corrected chi connectivity index (χ4v) is 1.20. The quantitative estimate of drug-likeness (QED) is 0.628. The lowest BCUT2D eigenvalue weighted by Gasteiger charge is -1.96. The summed E-state index contributed by atoms with van der Waals surface area (Å²) in [5.74, 6) is 0. The molecule has 1 nitrogen and oxygen atoms in total. The topological polar surface area (TPSA) is 20.2 Å². The lowest BCUT2D eigenvalue weighted by atomic mass is 10.1. The van der Waals surface area contributed by atoms with E-state index in [9.17, 15) is 0 Å². The van der Waals surface area contributed by atoms with Gasteiger partial charge in [-0.2, -0.15) is 0 Å². The molecule has 12 heavy (non-hydrogen) atoms. The highest BCUT2D eigenvalue weighted by atomic mass is 16.2. The van der Waals surface area contributed by atoms with E-state index in [4.69, 9.17) is 5.11 Å². The number of rotatable bonds is 0. The van der Waals surface area contributed by atoms with Crippen LogP contribution in [-0.2, 0) is 0 Å². The van der Waals surface area contributed by atoms with Crippen LogP contribution in [0.1, 0.15) is 23.6 Å². The lowest BCUT2D eigenvalue weighted by Crippen LogP contribution is -1.78. The average molecular weight is 166 g/mol. The molecule has 68 valence electrons. The van der Waals surface area contributed by atoms with Gasteiger partial charge in [0.05, 0.1) is 0 Å². The summed E-state index contributed by atoms with van der Waals surface area (Å²) in [4.78, 5) is 0. The summed E-state index contributed by atoms with van der Waals surface area (Å²) in [5, 5.41) is 7.57. The summed E-state index contributed by atoms with van der Waals surface area (Å²) in [6.07, 6.45) is 0. The summed E-state index contributed by atoms with van der Waals surface area (Å²) in [6.45, 7) is 8.31. The van der Waals surface area contributed by atoms with E-state index in [0.29, 0.717) is 0 Å². The molecule has 0 fully saturated rings. The molecular formula is C11H18O. The number of hydrogen-bond acceptors (Lipinski definition) is 1. The Morgan fingerprint density at radius 3 is 1.25 bits per heavy atom. The first-order valence-corrected chi connectivity index (χ1v) is 4.26. The van der Waals surface area contributed by atoms with Crippen LogP contribution in [0.25, 0.3) is 0 Å². The summed E-state index contributed by atoms with van der Waals surface area (Å²) in [7, 11) is 0. The van der Waals surface area contributed by atoms with Crippen LogP contribution in [0.15, 0.2) is 18.2 Å². The molecule has 1 rings (SSSR count). The Morgan fingerprint density at radius 2 is 1.08 bits per heavy atom. The minimum atomic E-state index is 0.250. The Morgan fingerprint density at radius 1 is 0.917 bits per heavy atom.